The standard InChI is InChI=1S/C19H30O3S.C18H28O/c1-3-4-5-6-7-8-9-10-11-12-13-14-15-16-17-18-19-22-23(2,20)21;1-2-3-4-5-6-7-8-9-10-11-12-13-14-15-16-17-18-19/h4-5,7-8,10-11,13-14,16-17H,3,6,9,12,15,18-19H2,1-2H3;3-4,6-7,9-10,12-13,15-16,19H,2,5,8,11,14,17-18H2,1H3/b5-4-,8-7-,11-10-,14-13-,17-16-;4-3-,7-6-,10-9-,13-12-,16-15-. The van der Waals surface area contributed by atoms with Crippen LogP contribution in [0.2, 0.25) is 0 Å². The van der Waals surface area contributed by atoms with E-state index in [2.05, 4.69) is 121 Å². The first-order valence-corrected chi connectivity index (χ1v) is 17.2. The van der Waals surface area contributed by atoms with Gasteiger partial charge in [0.2, 0.25) is 0 Å². The van der Waals surface area contributed by atoms with Crippen molar-refractivity contribution < 1.29 is 17.7 Å². The molecule has 0 aliphatic carbocycles. The molecule has 0 saturated carbocycles. The van der Waals surface area contributed by atoms with Gasteiger partial charge in [0.1, 0.15) is 0 Å². The summed E-state index contributed by atoms with van der Waals surface area (Å²) in [5.74, 6) is 0. The zero-order valence-electron chi connectivity index (χ0n) is 26.5. The van der Waals surface area contributed by atoms with Crippen LogP contribution in [-0.4, -0.2) is 33.0 Å². The maximum atomic E-state index is 10.7. The van der Waals surface area contributed by atoms with Gasteiger partial charge in [-0.25, -0.2) is 0 Å². The second-order valence-electron chi connectivity index (χ2n) is 9.24. The van der Waals surface area contributed by atoms with Crippen molar-refractivity contribution in [3.63, 3.8) is 0 Å². The monoisotopic (exact) mass is 598 g/mol. The lowest BCUT2D eigenvalue weighted by atomic mass is 10.2. The smallest absolute Gasteiger partial charge is 0.264 e. The first-order chi connectivity index (χ1) is 20.5. The third-order valence-electron chi connectivity index (χ3n) is 5.19. The van der Waals surface area contributed by atoms with Crippen LogP contribution in [0.3, 0.4) is 0 Å². The van der Waals surface area contributed by atoms with Gasteiger partial charge in [0.05, 0.1) is 12.9 Å². The average molecular weight is 599 g/mol. The summed E-state index contributed by atoms with van der Waals surface area (Å²) in [6.07, 6.45) is 55.3. The minimum absolute atomic E-state index is 0.212. The van der Waals surface area contributed by atoms with Crippen molar-refractivity contribution in [2.75, 3.05) is 19.5 Å². The zero-order valence-corrected chi connectivity index (χ0v) is 27.3. The quantitative estimate of drug-likeness (QED) is 0.0682. The molecule has 4 nitrogen and oxygen atoms in total. The van der Waals surface area contributed by atoms with Crippen LogP contribution in [0.1, 0.15) is 90.9 Å². The third-order valence-corrected chi connectivity index (χ3v) is 5.79. The van der Waals surface area contributed by atoms with E-state index < -0.39 is 10.1 Å². The summed E-state index contributed by atoms with van der Waals surface area (Å²) in [5, 5.41) is 8.58. The summed E-state index contributed by atoms with van der Waals surface area (Å²) >= 11 is 0. The number of aliphatic hydroxyl groups is 1. The van der Waals surface area contributed by atoms with E-state index in [4.69, 9.17) is 5.11 Å². The molecule has 0 unspecified atom stereocenters. The maximum absolute atomic E-state index is 10.7. The van der Waals surface area contributed by atoms with Gasteiger partial charge >= 0.3 is 0 Å². The molecule has 0 aliphatic rings. The molecule has 0 radical (unpaired) electrons. The van der Waals surface area contributed by atoms with E-state index in [1.54, 1.807) is 0 Å². The Balaban J connectivity index is 0. The van der Waals surface area contributed by atoms with E-state index >= 15 is 0 Å². The van der Waals surface area contributed by atoms with Crippen molar-refractivity contribution in [1.82, 2.24) is 0 Å². The largest absolute Gasteiger partial charge is 0.396 e. The van der Waals surface area contributed by atoms with E-state index in [-0.39, 0.29) is 13.2 Å². The summed E-state index contributed by atoms with van der Waals surface area (Å²) in [6, 6.07) is 0. The highest BCUT2D eigenvalue weighted by atomic mass is 32.2. The molecule has 1 N–H and O–H groups in total. The van der Waals surface area contributed by atoms with Gasteiger partial charge in [0.15, 0.2) is 0 Å². The summed E-state index contributed by atoms with van der Waals surface area (Å²) in [7, 11) is -3.31. The van der Waals surface area contributed by atoms with E-state index in [0.29, 0.717) is 6.42 Å². The summed E-state index contributed by atoms with van der Waals surface area (Å²) in [6.45, 7) is 4.74. The Morgan fingerprint density at radius 1 is 0.452 bits per heavy atom. The van der Waals surface area contributed by atoms with Gasteiger partial charge < -0.3 is 5.11 Å². The SMILES string of the molecule is CC/C=C\C/C=C\C/C=C\C/C=C\C/C=C\CCO.CC/C=C\C/C=C\C/C=C\C/C=C\C/C=C\CCOS(C)(=O)=O. The fourth-order valence-corrected chi connectivity index (χ4v) is 3.48. The lowest BCUT2D eigenvalue weighted by Crippen LogP contribution is -2.02. The fourth-order valence-electron chi connectivity index (χ4n) is 3.08. The van der Waals surface area contributed by atoms with Gasteiger partial charge in [-0.05, 0) is 77.0 Å². The molecule has 0 aromatic heterocycles. The average Bonchev–Trinajstić information content (AvgIpc) is 2.96. The normalized spacial score (nSPS) is 13.4. The van der Waals surface area contributed by atoms with Gasteiger partial charge in [0.25, 0.3) is 10.1 Å². The van der Waals surface area contributed by atoms with E-state index in [0.717, 1.165) is 76.9 Å². The Bertz CT molecular complexity index is 971. The van der Waals surface area contributed by atoms with Crippen LogP contribution in [0.5, 0.6) is 0 Å². The minimum atomic E-state index is -3.31. The number of hydrogen-bond acceptors (Lipinski definition) is 4. The van der Waals surface area contributed by atoms with Crippen LogP contribution in [0.15, 0.2) is 122 Å². The Labute approximate surface area is 259 Å². The molecule has 0 aromatic rings. The predicted molar refractivity (Wildman–Crippen MR) is 186 cm³/mol. The summed E-state index contributed by atoms with van der Waals surface area (Å²) in [4.78, 5) is 0. The van der Waals surface area contributed by atoms with Crippen LogP contribution >= 0.6 is 0 Å². The molecule has 0 heterocycles. The highest BCUT2D eigenvalue weighted by molar-refractivity contribution is 7.85. The first-order valence-electron chi connectivity index (χ1n) is 15.4. The number of allylic oxidation sites excluding steroid dienone is 18. The van der Waals surface area contributed by atoms with Gasteiger partial charge in [-0.3, -0.25) is 4.18 Å². The Kier molecular flexibility index (Phi) is 35.8. The minimum Gasteiger partial charge on any atom is -0.396 e. The van der Waals surface area contributed by atoms with Crippen molar-refractivity contribution in [2.24, 2.45) is 0 Å². The van der Waals surface area contributed by atoms with Crippen LogP contribution in [0.4, 0.5) is 0 Å². The molecule has 0 saturated heterocycles. The van der Waals surface area contributed by atoms with Crippen molar-refractivity contribution in [1.29, 1.82) is 0 Å². The Hall–Kier alpha value is -2.73. The molecule has 0 aliphatic heterocycles. The second-order valence-corrected chi connectivity index (χ2v) is 10.9. The van der Waals surface area contributed by atoms with Crippen molar-refractivity contribution >= 4 is 10.1 Å². The van der Waals surface area contributed by atoms with Gasteiger partial charge in [-0.2, -0.15) is 8.42 Å². The first kappa shape index (κ1) is 41.4. The highest BCUT2D eigenvalue weighted by Gasteiger charge is 1.98. The van der Waals surface area contributed by atoms with Crippen molar-refractivity contribution in [3.8, 4) is 0 Å². The second kappa shape index (κ2) is 36.3. The lowest BCUT2D eigenvalue weighted by molar-refractivity contribution is 0.302. The summed E-state index contributed by atoms with van der Waals surface area (Å²) < 4.78 is 26.1. The number of hydrogen-bond donors (Lipinski definition) is 1. The predicted octanol–water partition coefficient (Wildman–Crippen LogP) is 10.2. The molecule has 0 aromatic carbocycles. The third kappa shape index (κ3) is 44.3. The maximum Gasteiger partial charge on any atom is 0.264 e. The van der Waals surface area contributed by atoms with Crippen LogP contribution in [0.25, 0.3) is 0 Å². The molecule has 0 rings (SSSR count). The van der Waals surface area contributed by atoms with Gasteiger partial charge in [-0.1, -0.05) is 135 Å². The van der Waals surface area contributed by atoms with Crippen LogP contribution < -0.4 is 0 Å². The molecule has 0 amide bonds. The molecule has 0 atom stereocenters. The molecular weight excluding hydrogens is 540 g/mol. The molecule has 0 bridgehead atoms. The van der Waals surface area contributed by atoms with Crippen LogP contribution in [0, 0.1) is 0 Å². The zero-order chi connectivity index (χ0) is 31.2. The topological polar surface area (TPSA) is 63.6 Å². The lowest BCUT2D eigenvalue weighted by Gasteiger charge is -1.96. The number of aliphatic hydroxyl groups excluding tert-OH is 1. The molecule has 5 heteroatoms. The molecule has 0 spiro atoms. The highest BCUT2D eigenvalue weighted by Crippen LogP contribution is 1.98. The van der Waals surface area contributed by atoms with Gasteiger partial charge in [0, 0.05) is 6.61 Å². The van der Waals surface area contributed by atoms with Crippen molar-refractivity contribution in [3.05, 3.63) is 122 Å². The van der Waals surface area contributed by atoms with E-state index in [9.17, 15) is 8.42 Å². The van der Waals surface area contributed by atoms with E-state index in [1.807, 2.05) is 18.2 Å². The van der Waals surface area contributed by atoms with Crippen LogP contribution in [-0.2, 0) is 14.3 Å². The van der Waals surface area contributed by atoms with Crippen molar-refractivity contribution in [2.45, 2.75) is 90.9 Å². The molecule has 42 heavy (non-hydrogen) atoms. The van der Waals surface area contributed by atoms with Gasteiger partial charge in [-0.15, -0.1) is 0 Å². The number of rotatable bonds is 24. The Morgan fingerprint density at radius 2 is 0.714 bits per heavy atom. The van der Waals surface area contributed by atoms with E-state index in [1.165, 1.54) is 0 Å². The fraction of sp³-hybridized carbons (Fsp3) is 0.459. The Morgan fingerprint density at radius 3 is 0.976 bits per heavy atom. The molecule has 0 fully saturated rings. The molecule has 236 valence electrons. The summed E-state index contributed by atoms with van der Waals surface area (Å²) in [5.41, 5.74) is 0. The molecular formula is C37H58O4S.